The van der Waals surface area contributed by atoms with Gasteiger partial charge in [-0.25, -0.2) is 13.2 Å². The molecule has 0 amide bonds. The van der Waals surface area contributed by atoms with Gasteiger partial charge >= 0.3 is 0 Å². The summed E-state index contributed by atoms with van der Waals surface area (Å²) in [5.41, 5.74) is 0.697. The molecule has 148 valence electrons. The molecule has 0 unspecified atom stereocenters. The number of ether oxygens (including phenoxy) is 1. The largest absolute Gasteiger partial charge is 0.487 e. The first-order valence-electron chi connectivity index (χ1n) is 8.99. The smallest absolute Gasteiger partial charge is 0.184 e. The molecule has 28 heavy (non-hydrogen) atoms. The first-order valence-corrected chi connectivity index (χ1v) is 9.81. The molecule has 2 aromatic rings. The first-order chi connectivity index (χ1) is 13.5. The van der Waals surface area contributed by atoms with E-state index in [4.69, 9.17) is 4.74 Å². The maximum absolute atomic E-state index is 14.7. The average Bonchev–Trinajstić information content (AvgIpc) is 3.45. The minimum Gasteiger partial charge on any atom is -0.487 e. The molecule has 2 aromatic carbocycles. The maximum Gasteiger partial charge on any atom is 0.184 e. The van der Waals surface area contributed by atoms with Crippen molar-refractivity contribution < 1.29 is 17.9 Å². The first kappa shape index (κ1) is 18.9. The van der Waals surface area contributed by atoms with Crippen LogP contribution in [0.2, 0.25) is 0 Å². The maximum atomic E-state index is 14.7. The van der Waals surface area contributed by atoms with E-state index in [0.717, 1.165) is 25.3 Å². The van der Waals surface area contributed by atoms with Gasteiger partial charge in [0.25, 0.3) is 0 Å². The third-order valence-electron chi connectivity index (χ3n) is 4.87. The van der Waals surface area contributed by atoms with Crippen LogP contribution in [0.1, 0.15) is 19.3 Å². The van der Waals surface area contributed by atoms with Gasteiger partial charge in [0.15, 0.2) is 11.6 Å². The summed E-state index contributed by atoms with van der Waals surface area (Å²) in [7, 11) is 1.67. The Morgan fingerprint density at radius 3 is 2.64 bits per heavy atom. The van der Waals surface area contributed by atoms with Crippen molar-refractivity contribution in [1.82, 2.24) is 0 Å². The lowest BCUT2D eigenvalue weighted by Gasteiger charge is -2.22. The zero-order valence-corrected chi connectivity index (χ0v) is 16.1. The number of benzene rings is 2. The molecular formula is C20H20F3N3OS. The Kier molecular flexibility index (Phi) is 5.05. The lowest BCUT2D eigenvalue weighted by molar-refractivity contribution is 0.360. The molecule has 8 heteroatoms. The zero-order valence-electron chi connectivity index (χ0n) is 15.2. The third-order valence-corrected chi connectivity index (χ3v) is 6.18. The molecule has 3 N–H and O–H groups in total. The van der Waals surface area contributed by atoms with Crippen LogP contribution in [0.15, 0.2) is 36.4 Å². The molecule has 1 aliphatic carbocycles. The molecule has 2 aliphatic rings. The molecule has 0 saturated heterocycles. The minimum absolute atomic E-state index is 0.0376. The van der Waals surface area contributed by atoms with Crippen LogP contribution in [-0.2, 0) is 0 Å². The molecule has 0 radical (unpaired) electrons. The minimum atomic E-state index is -1.09. The van der Waals surface area contributed by atoms with Gasteiger partial charge < -0.3 is 20.1 Å². The van der Waals surface area contributed by atoms with E-state index in [9.17, 15) is 13.2 Å². The van der Waals surface area contributed by atoms with Crippen LogP contribution in [0, 0.1) is 17.5 Å². The second-order valence-corrected chi connectivity index (χ2v) is 8.14. The molecule has 0 atom stereocenters. The highest BCUT2D eigenvalue weighted by atomic mass is 32.2. The molecule has 4 nitrogen and oxygen atoms in total. The average molecular weight is 407 g/mol. The number of anilines is 4. The van der Waals surface area contributed by atoms with Crippen molar-refractivity contribution >= 4 is 34.7 Å². The van der Waals surface area contributed by atoms with Crippen molar-refractivity contribution in [3.05, 3.63) is 53.9 Å². The summed E-state index contributed by atoms with van der Waals surface area (Å²) in [6, 6.07) is 5.40. The summed E-state index contributed by atoms with van der Waals surface area (Å²) >= 11 is 1.47. The van der Waals surface area contributed by atoms with Crippen molar-refractivity contribution in [3.8, 4) is 5.75 Å². The van der Waals surface area contributed by atoms with E-state index in [1.54, 1.807) is 13.1 Å². The lowest BCUT2D eigenvalue weighted by atomic mass is 10.2. The standard InChI is InChI=1S/C20H20F3N3OS/c1-24-12-4-5-15(13(21)10-12)25-19-17(23)14(22)11-16-18(19)26-28-20(7-8-20)6-2-3-9-27-16/h2-5,10-11,24-26H,6-9H2,1H3/b3-2+. The van der Waals surface area contributed by atoms with Gasteiger partial charge in [0.1, 0.15) is 29.5 Å². The van der Waals surface area contributed by atoms with Gasteiger partial charge in [0.2, 0.25) is 0 Å². The molecule has 1 saturated carbocycles. The highest BCUT2D eigenvalue weighted by molar-refractivity contribution is 8.02. The predicted octanol–water partition coefficient (Wildman–Crippen LogP) is 5.82. The van der Waals surface area contributed by atoms with Gasteiger partial charge in [-0.15, -0.1) is 0 Å². The summed E-state index contributed by atoms with van der Waals surface area (Å²) in [6.45, 7) is 0.241. The van der Waals surface area contributed by atoms with Crippen LogP contribution in [0.5, 0.6) is 5.75 Å². The fraction of sp³-hybridized carbons (Fsp3) is 0.300. The topological polar surface area (TPSA) is 45.3 Å². The van der Waals surface area contributed by atoms with Crippen LogP contribution in [0.4, 0.5) is 35.9 Å². The van der Waals surface area contributed by atoms with Gasteiger partial charge in [-0.2, -0.15) is 0 Å². The number of fused-ring (bicyclic) bond motifs is 1. The number of halogens is 3. The van der Waals surface area contributed by atoms with Crippen LogP contribution in [0.25, 0.3) is 0 Å². The molecule has 0 aromatic heterocycles. The Hall–Kier alpha value is -2.48. The Balaban J connectivity index is 1.74. The van der Waals surface area contributed by atoms with Gasteiger partial charge in [0.05, 0.1) is 5.69 Å². The SMILES string of the molecule is CNc1ccc(Nc2c(F)c(F)cc3c2NSC2(C/C=C/CO3)CC2)c(F)c1. The monoisotopic (exact) mass is 407 g/mol. The van der Waals surface area contributed by atoms with E-state index in [1.165, 1.54) is 24.1 Å². The van der Waals surface area contributed by atoms with Gasteiger partial charge in [-0.1, -0.05) is 12.2 Å². The Morgan fingerprint density at radius 1 is 1.11 bits per heavy atom. The quantitative estimate of drug-likeness (QED) is 0.442. The third kappa shape index (κ3) is 3.73. The Bertz CT molecular complexity index is 931. The van der Waals surface area contributed by atoms with E-state index in [2.05, 4.69) is 15.4 Å². The predicted molar refractivity (Wildman–Crippen MR) is 108 cm³/mol. The van der Waals surface area contributed by atoms with Crippen molar-refractivity contribution in [2.45, 2.75) is 24.0 Å². The van der Waals surface area contributed by atoms with Crippen LogP contribution < -0.4 is 20.1 Å². The normalized spacial score (nSPS) is 18.4. The summed E-state index contributed by atoms with van der Waals surface area (Å²) in [6.07, 6.45) is 6.87. The van der Waals surface area contributed by atoms with Crippen molar-refractivity contribution in [1.29, 1.82) is 0 Å². The van der Waals surface area contributed by atoms with Gasteiger partial charge in [-0.05, 0) is 49.4 Å². The Labute approximate surface area is 165 Å². The number of hydrogen-bond acceptors (Lipinski definition) is 5. The molecule has 1 fully saturated rings. The molecule has 1 aliphatic heterocycles. The summed E-state index contributed by atoms with van der Waals surface area (Å²) in [4.78, 5) is 0. The zero-order chi connectivity index (χ0) is 19.7. The van der Waals surface area contributed by atoms with Gasteiger partial charge in [0, 0.05) is 23.5 Å². The fourth-order valence-corrected chi connectivity index (χ4v) is 4.00. The highest BCUT2D eigenvalue weighted by Crippen LogP contribution is 2.53. The molecule has 0 bridgehead atoms. The van der Waals surface area contributed by atoms with Crippen molar-refractivity contribution in [2.24, 2.45) is 0 Å². The van der Waals surface area contributed by atoms with Crippen LogP contribution in [0.3, 0.4) is 0 Å². The van der Waals surface area contributed by atoms with E-state index in [1.807, 2.05) is 12.2 Å². The van der Waals surface area contributed by atoms with Crippen LogP contribution in [-0.4, -0.2) is 18.4 Å². The highest BCUT2D eigenvalue weighted by Gasteiger charge is 2.43. The van der Waals surface area contributed by atoms with E-state index >= 15 is 0 Å². The van der Waals surface area contributed by atoms with Crippen molar-refractivity contribution in [2.75, 3.05) is 29.0 Å². The molecule has 4 rings (SSSR count). The van der Waals surface area contributed by atoms with E-state index in [0.29, 0.717) is 5.69 Å². The van der Waals surface area contributed by atoms with E-state index in [-0.39, 0.29) is 34.2 Å². The van der Waals surface area contributed by atoms with Crippen LogP contribution >= 0.6 is 11.9 Å². The van der Waals surface area contributed by atoms with Gasteiger partial charge in [-0.3, -0.25) is 0 Å². The fourth-order valence-electron chi connectivity index (χ4n) is 2.99. The summed E-state index contributed by atoms with van der Waals surface area (Å²) in [5, 5.41) is 5.53. The number of nitrogens with one attached hydrogen (secondary N) is 3. The molecule has 1 spiro atoms. The van der Waals surface area contributed by atoms with Crippen molar-refractivity contribution in [3.63, 3.8) is 0 Å². The number of hydrogen-bond donors (Lipinski definition) is 3. The second kappa shape index (κ2) is 7.50. The molecular weight excluding hydrogens is 387 g/mol. The van der Waals surface area contributed by atoms with E-state index < -0.39 is 17.5 Å². The second-order valence-electron chi connectivity index (χ2n) is 6.86. The number of allylic oxidation sites excluding steroid dienone is 1. The summed E-state index contributed by atoms with van der Waals surface area (Å²) < 4.78 is 52.1. The molecule has 1 heterocycles. The summed E-state index contributed by atoms with van der Waals surface area (Å²) in [5.74, 6) is -2.57. The lowest BCUT2D eigenvalue weighted by Crippen LogP contribution is -2.11. The Morgan fingerprint density at radius 2 is 1.93 bits per heavy atom. The number of rotatable bonds is 3.